The number of para-hydroxylation sites is 1. The Bertz CT molecular complexity index is 622. The molecule has 1 aromatic heterocycles. The average Bonchev–Trinajstić information content (AvgIpc) is 2.77. The minimum Gasteiger partial charge on any atom is -0.375 e. The van der Waals surface area contributed by atoms with Gasteiger partial charge in [-0.1, -0.05) is 17.4 Å². The third kappa shape index (κ3) is 3.74. The lowest BCUT2D eigenvalue weighted by atomic mass is 10.3. The van der Waals surface area contributed by atoms with Gasteiger partial charge < -0.3 is 14.8 Å². The third-order valence-corrected chi connectivity index (χ3v) is 7.00. The zero-order valence-electron chi connectivity index (χ0n) is 11.4. The molecule has 5 nitrogen and oxygen atoms in total. The second-order valence-corrected chi connectivity index (χ2v) is 8.44. The van der Waals surface area contributed by atoms with Gasteiger partial charge in [0.15, 0.2) is 5.13 Å². The van der Waals surface area contributed by atoms with Crippen LogP contribution in [0.2, 0.25) is 0 Å². The molecule has 0 atom stereocenters. The van der Waals surface area contributed by atoms with Crippen molar-refractivity contribution in [2.24, 2.45) is 0 Å². The van der Waals surface area contributed by atoms with Crippen LogP contribution in [-0.2, 0) is 13.6 Å². The third-order valence-electron chi connectivity index (χ3n) is 2.43. The number of nitrogens with zero attached hydrogens (tertiary/aromatic N) is 1. The number of thiazole rings is 1. The Kier molecular flexibility index (Phi) is 5.46. The van der Waals surface area contributed by atoms with Crippen LogP contribution in [-0.4, -0.2) is 23.7 Å². The molecule has 2 N–H and O–H groups in total. The Hall–Kier alpha value is -0.590. The molecule has 2 rings (SSSR count). The number of thioether (sulfide) groups is 1. The zero-order valence-corrected chi connectivity index (χ0v) is 13.9. The van der Waals surface area contributed by atoms with E-state index in [1.54, 1.807) is 13.8 Å². The number of nitrogen functional groups attached to an aromatic ring is 1. The predicted octanol–water partition coefficient (Wildman–Crippen LogP) is 4.19. The summed E-state index contributed by atoms with van der Waals surface area (Å²) in [6.07, 6.45) is 0. The Morgan fingerprint density at radius 3 is 2.70 bits per heavy atom. The van der Waals surface area contributed by atoms with Gasteiger partial charge in [-0.15, -0.1) is 11.8 Å². The molecule has 0 aliphatic carbocycles. The summed E-state index contributed by atoms with van der Waals surface area (Å²) in [5.41, 5.74) is 6.85. The number of benzene rings is 1. The van der Waals surface area contributed by atoms with Gasteiger partial charge in [0.1, 0.15) is 5.49 Å². The summed E-state index contributed by atoms with van der Waals surface area (Å²) >= 11 is 2.87. The second-order valence-electron chi connectivity index (χ2n) is 3.87. The van der Waals surface area contributed by atoms with Crippen LogP contribution in [0.1, 0.15) is 13.8 Å². The normalized spacial score (nSPS) is 12.1. The van der Waals surface area contributed by atoms with Crippen LogP contribution in [0.3, 0.4) is 0 Å². The lowest BCUT2D eigenvalue weighted by molar-refractivity contribution is 0.224. The van der Waals surface area contributed by atoms with Crippen LogP contribution in [0.4, 0.5) is 5.13 Å². The van der Waals surface area contributed by atoms with E-state index in [1.807, 2.05) is 18.2 Å². The SMILES string of the molecule is CCOP(=O)(CSc1cccc2sc(N)nc12)OCC. The first-order valence-corrected chi connectivity index (χ1v) is 9.77. The summed E-state index contributed by atoms with van der Waals surface area (Å²) in [4.78, 5) is 5.25. The quantitative estimate of drug-likeness (QED) is 0.605. The molecular weight excluding hydrogens is 315 g/mol. The Balaban J connectivity index is 2.17. The van der Waals surface area contributed by atoms with Crippen LogP contribution in [0.5, 0.6) is 0 Å². The van der Waals surface area contributed by atoms with Crippen molar-refractivity contribution >= 4 is 46.0 Å². The fraction of sp³-hybridized carbons (Fsp3) is 0.417. The molecule has 2 aromatic rings. The minimum atomic E-state index is -3.05. The van der Waals surface area contributed by atoms with Crippen molar-refractivity contribution < 1.29 is 13.6 Å². The number of hydrogen-bond acceptors (Lipinski definition) is 7. The Morgan fingerprint density at radius 1 is 1.35 bits per heavy atom. The van der Waals surface area contributed by atoms with E-state index in [9.17, 15) is 4.57 Å². The van der Waals surface area contributed by atoms with Crippen LogP contribution >= 0.6 is 30.7 Å². The van der Waals surface area contributed by atoms with Crippen molar-refractivity contribution in [1.29, 1.82) is 0 Å². The molecule has 8 heteroatoms. The van der Waals surface area contributed by atoms with Crippen molar-refractivity contribution in [3.05, 3.63) is 18.2 Å². The molecule has 0 amide bonds. The van der Waals surface area contributed by atoms with Gasteiger partial charge in [0.2, 0.25) is 0 Å². The number of rotatable bonds is 7. The maximum absolute atomic E-state index is 12.4. The van der Waals surface area contributed by atoms with Gasteiger partial charge >= 0.3 is 7.60 Å². The number of anilines is 1. The summed E-state index contributed by atoms with van der Waals surface area (Å²) in [7, 11) is -3.05. The largest absolute Gasteiger partial charge is 0.375 e. The van der Waals surface area contributed by atoms with Gasteiger partial charge in [0.05, 0.1) is 23.4 Å². The first-order valence-electron chi connectivity index (χ1n) is 6.24. The summed E-state index contributed by atoms with van der Waals surface area (Å²) in [5, 5.41) is 0.533. The van der Waals surface area contributed by atoms with Crippen molar-refractivity contribution in [2.75, 3.05) is 24.4 Å². The number of nitrogens with two attached hydrogens (primary N) is 1. The lowest BCUT2D eigenvalue weighted by Gasteiger charge is -2.16. The molecule has 1 aromatic carbocycles. The summed E-state index contributed by atoms with van der Waals surface area (Å²) in [5.74, 6) is 0. The van der Waals surface area contributed by atoms with E-state index in [4.69, 9.17) is 14.8 Å². The van der Waals surface area contributed by atoms with Crippen LogP contribution < -0.4 is 5.73 Å². The van der Waals surface area contributed by atoms with E-state index in [0.717, 1.165) is 15.1 Å². The average molecular weight is 332 g/mol. The summed E-state index contributed by atoms with van der Waals surface area (Å²) < 4.78 is 24.0. The summed E-state index contributed by atoms with van der Waals surface area (Å²) in [6.45, 7) is 4.34. The molecule has 0 aliphatic heterocycles. The molecule has 0 saturated carbocycles. The highest BCUT2D eigenvalue weighted by Gasteiger charge is 2.24. The second kappa shape index (κ2) is 6.91. The van der Waals surface area contributed by atoms with Gasteiger partial charge in [-0.3, -0.25) is 4.57 Å². The van der Waals surface area contributed by atoms with Crippen LogP contribution in [0.25, 0.3) is 10.2 Å². The molecule has 0 saturated heterocycles. The van der Waals surface area contributed by atoms with Gasteiger partial charge in [0, 0.05) is 4.90 Å². The maximum atomic E-state index is 12.4. The smallest absolute Gasteiger partial charge is 0.340 e. The van der Waals surface area contributed by atoms with E-state index < -0.39 is 7.60 Å². The molecule has 0 bridgehead atoms. The minimum absolute atomic E-state index is 0.269. The highest BCUT2D eigenvalue weighted by atomic mass is 32.2. The highest BCUT2D eigenvalue weighted by Crippen LogP contribution is 2.52. The molecule has 0 radical (unpaired) electrons. The lowest BCUT2D eigenvalue weighted by Crippen LogP contribution is -1.98. The fourth-order valence-electron chi connectivity index (χ4n) is 1.71. The standard InChI is InChI=1S/C12H17N2O3PS2/c1-3-16-18(15,17-4-2)8-19-9-6-5-7-10-11(9)14-12(13)20-10/h5-7H,3-4,8H2,1-2H3,(H2,13,14). The zero-order chi connectivity index (χ0) is 14.6. The van der Waals surface area contributed by atoms with E-state index in [0.29, 0.717) is 18.3 Å². The van der Waals surface area contributed by atoms with Gasteiger partial charge in [-0.2, -0.15) is 0 Å². The molecule has 20 heavy (non-hydrogen) atoms. The Labute approximate surface area is 126 Å². The molecule has 1 heterocycles. The van der Waals surface area contributed by atoms with Crippen molar-refractivity contribution in [2.45, 2.75) is 18.7 Å². The van der Waals surface area contributed by atoms with Crippen molar-refractivity contribution in [3.8, 4) is 0 Å². The van der Waals surface area contributed by atoms with E-state index in [1.165, 1.54) is 23.1 Å². The number of aromatic nitrogens is 1. The fourth-order valence-corrected chi connectivity index (χ4v) is 5.65. The molecular formula is C12H17N2O3PS2. The molecule has 0 unspecified atom stereocenters. The monoisotopic (exact) mass is 332 g/mol. The topological polar surface area (TPSA) is 74.4 Å². The highest BCUT2D eigenvalue weighted by molar-refractivity contribution is 8.04. The molecule has 0 fully saturated rings. The van der Waals surface area contributed by atoms with E-state index in [-0.39, 0.29) is 5.49 Å². The number of hydrogen-bond donors (Lipinski definition) is 1. The summed E-state index contributed by atoms with van der Waals surface area (Å²) in [6, 6.07) is 5.85. The first kappa shape index (κ1) is 15.8. The number of fused-ring (bicyclic) bond motifs is 1. The first-order chi connectivity index (χ1) is 9.58. The molecule has 110 valence electrons. The van der Waals surface area contributed by atoms with Crippen molar-refractivity contribution in [1.82, 2.24) is 4.98 Å². The van der Waals surface area contributed by atoms with Gasteiger partial charge in [-0.25, -0.2) is 4.98 Å². The van der Waals surface area contributed by atoms with Crippen LogP contribution in [0.15, 0.2) is 23.1 Å². The van der Waals surface area contributed by atoms with Crippen LogP contribution in [0, 0.1) is 0 Å². The molecule has 0 aliphatic rings. The van der Waals surface area contributed by atoms with E-state index in [2.05, 4.69) is 4.98 Å². The van der Waals surface area contributed by atoms with Crippen molar-refractivity contribution in [3.63, 3.8) is 0 Å². The van der Waals surface area contributed by atoms with Gasteiger partial charge in [0.25, 0.3) is 0 Å². The van der Waals surface area contributed by atoms with Gasteiger partial charge in [-0.05, 0) is 26.0 Å². The maximum Gasteiger partial charge on any atom is 0.340 e. The van der Waals surface area contributed by atoms with E-state index >= 15 is 0 Å². The molecule has 0 spiro atoms. The Morgan fingerprint density at radius 2 is 2.05 bits per heavy atom. The predicted molar refractivity (Wildman–Crippen MR) is 85.6 cm³/mol.